The molecular weight excluding hydrogens is 333 g/mol. The molecule has 0 fully saturated rings. The van der Waals surface area contributed by atoms with E-state index in [-0.39, 0.29) is 25.1 Å². The van der Waals surface area contributed by atoms with E-state index in [0.717, 1.165) is 17.7 Å². The van der Waals surface area contributed by atoms with Gasteiger partial charge in [-0.25, -0.2) is 0 Å². The summed E-state index contributed by atoms with van der Waals surface area (Å²) >= 11 is 12.0. The Balaban J connectivity index is 0.00000220. The molecule has 21 heavy (non-hydrogen) atoms. The molecule has 6 heteroatoms. The lowest BCUT2D eigenvalue weighted by Gasteiger charge is -2.12. The van der Waals surface area contributed by atoms with Crippen LogP contribution in [0.2, 0.25) is 10.0 Å². The fraction of sp³-hybridized carbons (Fsp3) is 0.333. The van der Waals surface area contributed by atoms with E-state index in [1.54, 1.807) is 12.1 Å². The smallest absolute Gasteiger partial charge is 0.135 e. The number of hydrogen-bond acceptors (Lipinski definition) is 3. The van der Waals surface area contributed by atoms with Gasteiger partial charge in [0.05, 0.1) is 18.2 Å². The first kappa shape index (κ1) is 18.3. The van der Waals surface area contributed by atoms with Crippen molar-refractivity contribution in [1.29, 1.82) is 0 Å². The molecule has 2 N–H and O–H groups in total. The minimum atomic E-state index is 0. The van der Waals surface area contributed by atoms with E-state index in [0.29, 0.717) is 22.4 Å². The predicted molar refractivity (Wildman–Crippen MR) is 82.2 cm³/mol. The zero-order valence-electron chi connectivity index (χ0n) is 11.6. The van der Waals surface area contributed by atoms with Crippen molar-refractivity contribution in [2.45, 2.75) is 25.9 Å². The molecule has 0 saturated carbocycles. The Hall–Kier alpha value is -0.710. The third kappa shape index (κ3) is 4.90. The Kier molecular flexibility index (Phi) is 7.57. The van der Waals surface area contributed by atoms with Crippen LogP contribution in [0, 0.1) is 0 Å². The van der Waals surface area contributed by atoms with Crippen LogP contribution in [0.1, 0.15) is 19.1 Å². The van der Waals surface area contributed by atoms with Gasteiger partial charge in [0.2, 0.25) is 0 Å². The summed E-state index contributed by atoms with van der Waals surface area (Å²) in [6.45, 7) is 2.71. The van der Waals surface area contributed by atoms with Crippen LogP contribution in [-0.4, -0.2) is 17.8 Å². The predicted octanol–water partition coefficient (Wildman–Crippen LogP) is 1.12. The molecule has 3 nitrogen and oxygen atoms in total. The summed E-state index contributed by atoms with van der Waals surface area (Å²) in [6.07, 6.45) is 0.868. The molecule has 1 unspecified atom stereocenters. The molecule has 116 valence electrons. The van der Waals surface area contributed by atoms with Gasteiger partial charge in [0.15, 0.2) is 0 Å². The molecular formula is C15H17Cl3NO2-. The molecule has 0 spiro atoms. The van der Waals surface area contributed by atoms with E-state index >= 15 is 0 Å². The molecule has 0 saturated heterocycles. The lowest BCUT2D eigenvalue weighted by atomic mass is 10.2. The molecule has 2 rings (SSSR count). The lowest BCUT2D eigenvalue weighted by Crippen LogP contribution is -3.00. The molecule has 0 aliphatic heterocycles. The highest BCUT2D eigenvalue weighted by atomic mass is 35.5. The summed E-state index contributed by atoms with van der Waals surface area (Å²) in [6, 6.07) is 9.18. The van der Waals surface area contributed by atoms with E-state index in [2.05, 4.69) is 5.32 Å². The van der Waals surface area contributed by atoms with Gasteiger partial charge in [-0.3, -0.25) is 0 Å². The van der Waals surface area contributed by atoms with E-state index in [4.69, 9.17) is 32.7 Å². The second-order valence-electron chi connectivity index (χ2n) is 4.56. The minimum Gasteiger partial charge on any atom is -1.00 e. The van der Waals surface area contributed by atoms with Crippen LogP contribution in [0.25, 0.3) is 11.3 Å². The van der Waals surface area contributed by atoms with Crippen LogP contribution in [0.5, 0.6) is 0 Å². The molecule has 0 aliphatic rings. The molecule has 1 aromatic heterocycles. The van der Waals surface area contributed by atoms with Gasteiger partial charge in [0.25, 0.3) is 0 Å². The lowest BCUT2D eigenvalue weighted by molar-refractivity contribution is -0.00000553. The number of furan rings is 1. The molecule has 0 radical (unpaired) electrons. The molecule has 1 heterocycles. The van der Waals surface area contributed by atoms with Gasteiger partial charge in [-0.15, -0.1) is 0 Å². The third-order valence-electron chi connectivity index (χ3n) is 3.14. The van der Waals surface area contributed by atoms with Gasteiger partial charge in [0, 0.05) is 16.6 Å². The topological polar surface area (TPSA) is 45.4 Å². The van der Waals surface area contributed by atoms with Gasteiger partial charge in [-0.2, -0.15) is 0 Å². The van der Waals surface area contributed by atoms with Crippen LogP contribution in [0.4, 0.5) is 0 Å². The van der Waals surface area contributed by atoms with Crippen molar-refractivity contribution in [2.75, 3.05) is 6.61 Å². The summed E-state index contributed by atoms with van der Waals surface area (Å²) in [7, 11) is 0. The monoisotopic (exact) mass is 348 g/mol. The molecule has 2 aromatic rings. The van der Waals surface area contributed by atoms with E-state index < -0.39 is 0 Å². The van der Waals surface area contributed by atoms with Gasteiger partial charge in [0.1, 0.15) is 11.5 Å². The average molecular weight is 350 g/mol. The first-order chi connectivity index (χ1) is 9.63. The fourth-order valence-electron chi connectivity index (χ4n) is 1.89. The van der Waals surface area contributed by atoms with E-state index in [1.165, 1.54) is 0 Å². The molecule has 0 amide bonds. The fourth-order valence-corrected chi connectivity index (χ4v) is 2.39. The number of hydrogen-bond donors (Lipinski definition) is 2. The quantitative estimate of drug-likeness (QED) is 0.821. The SMILES string of the molecule is CCC(CO)NCc1ccc(-c2ccc(Cl)cc2Cl)o1.[Cl-]. The van der Waals surface area contributed by atoms with E-state index in [9.17, 15) is 0 Å². The Bertz CT molecular complexity index is 568. The summed E-state index contributed by atoms with van der Waals surface area (Å²) in [4.78, 5) is 0. The van der Waals surface area contributed by atoms with Gasteiger partial charge in [-0.05, 0) is 36.8 Å². The normalized spacial score (nSPS) is 12.0. The van der Waals surface area contributed by atoms with Gasteiger partial charge < -0.3 is 27.2 Å². The van der Waals surface area contributed by atoms with Crippen molar-refractivity contribution in [3.8, 4) is 11.3 Å². The van der Waals surface area contributed by atoms with E-state index in [1.807, 2.05) is 25.1 Å². The molecule has 0 bridgehead atoms. The van der Waals surface area contributed by atoms with Crippen molar-refractivity contribution < 1.29 is 21.9 Å². The highest BCUT2D eigenvalue weighted by Crippen LogP contribution is 2.31. The minimum absolute atomic E-state index is 0. The maximum atomic E-state index is 9.13. The Labute approximate surface area is 140 Å². The van der Waals surface area contributed by atoms with Gasteiger partial charge >= 0.3 is 0 Å². The Morgan fingerprint density at radius 1 is 1.24 bits per heavy atom. The highest BCUT2D eigenvalue weighted by Gasteiger charge is 2.10. The van der Waals surface area contributed by atoms with Crippen molar-refractivity contribution in [3.05, 3.63) is 46.1 Å². The Morgan fingerprint density at radius 2 is 2.00 bits per heavy atom. The molecule has 1 aromatic carbocycles. The largest absolute Gasteiger partial charge is 1.00 e. The summed E-state index contributed by atoms with van der Waals surface area (Å²) in [5.41, 5.74) is 0.816. The zero-order valence-corrected chi connectivity index (χ0v) is 13.8. The van der Waals surface area contributed by atoms with Gasteiger partial charge in [-0.1, -0.05) is 30.1 Å². The average Bonchev–Trinajstić information content (AvgIpc) is 2.88. The highest BCUT2D eigenvalue weighted by molar-refractivity contribution is 6.36. The van der Waals surface area contributed by atoms with Crippen LogP contribution in [0.15, 0.2) is 34.7 Å². The second kappa shape index (κ2) is 8.66. The molecule has 1 atom stereocenters. The van der Waals surface area contributed by atoms with Crippen molar-refractivity contribution in [1.82, 2.24) is 5.32 Å². The second-order valence-corrected chi connectivity index (χ2v) is 5.40. The maximum Gasteiger partial charge on any atom is 0.135 e. The first-order valence-electron chi connectivity index (χ1n) is 6.52. The number of nitrogens with one attached hydrogen (secondary N) is 1. The summed E-state index contributed by atoms with van der Waals surface area (Å²) < 4.78 is 5.76. The first-order valence-corrected chi connectivity index (χ1v) is 7.28. The summed E-state index contributed by atoms with van der Waals surface area (Å²) in [5, 5.41) is 13.5. The van der Waals surface area contributed by atoms with Crippen LogP contribution < -0.4 is 17.7 Å². The molecule has 0 aliphatic carbocycles. The number of halogens is 3. The summed E-state index contributed by atoms with van der Waals surface area (Å²) in [5.74, 6) is 1.51. The van der Waals surface area contributed by atoms with Crippen molar-refractivity contribution in [2.24, 2.45) is 0 Å². The standard InChI is InChI=1S/C15H17Cl2NO2.ClH/c1-2-11(9-19)18-8-12-4-6-15(20-12)13-5-3-10(16)7-14(13)17;/h3-7,11,18-19H,2,8-9H2,1H3;1H/p-1. The number of aliphatic hydroxyl groups excluding tert-OH is 1. The number of aliphatic hydroxyl groups is 1. The maximum absolute atomic E-state index is 9.13. The third-order valence-corrected chi connectivity index (χ3v) is 3.68. The van der Waals surface area contributed by atoms with Crippen LogP contribution in [0.3, 0.4) is 0 Å². The Morgan fingerprint density at radius 3 is 2.62 bits per heavy atom. The van der Waals surface area contributed by atoms with Crippen molar-refractivity contribution in [3.63, 3.8) is 0 Å². The van der Waals surface area contributed by atoms with Crippen LogP contribution >= 0.6 is 23.2 Å². The van der Waals surface area contributed by atoms with Crippen LogP contribution in [-0.2, 0) is 6.54 Å². The van der Waals surface area contributed by atoms with Crippen molar-refractivity contribution >= 4 is 23.2 Å². The zero-order chi connectivity index (χ0) is 14.5. The number of benzene rings is 1. The number of rotatable bonds is 6.